The van der Waals surface area contributed by atoms with E-state index in [-0.39, 0.29) is 0 Å². The van der Waals surface area contributed by atoms with Crippen LogP contribution in [0.25, 0.3) is 10.1 Å². The van der Waals surface area contributed by atoms with Crippen molar-refractivity contribution >= 4 is 27.6 Å². The predicted octanol–water partition coefficient (Wildman–Crippen LogP) is 2.72. The molecule has 0 fully saturated rings. The first-order valence-corrected chi connectivity index (χ1v) is 4.96. The SMILES string of the molecule is COc1c(C=NO)ccc2sccc12. The fraction of sp³-hybridized carbons (Fsp3) is 0.100. The van der Waals surface area contributed by atoms with Crippen molar-refractivity contribution in [1.29, 1.82) is 0 Å². The second-order valence-corrected chi connectivity index (χ2v) is 3.71. The number of oxime groups is 1. The summed E-state index contributed by atoms with van der Waals surface area (Å²) in [6.07, 6.45) is 1.37. The molecule has 0 spiro atoms. The zero-order valence-corrected chi connectivity index (χ0v) is 8.41. The lowest BCUT2D eigenvalue weighted by Crippen LogP contribution is -1.90. The molecular formula is C10H9NO2S. The normalized spacial score (nSPS) is 11.2. The van der Waals surface area contributed by atoms with Crippen molar-refractivity contribution in [1.82, 2.24) is 0 Å². The van der Waals surface area contributed by atoms with E-state index >= 15 is 0 Å². The Balaban J connectivity index is 2.72. The van der Waals surface area contributed by atoms with Crippen molar-refractivity contribution in [3.05, 3.63) is 29.1 Å². The molecule has 2 rings (SSSR count). The molecule has 0 aliphatic heterocycles. The zero-order chi connectivity index (χ0) is 9.97. The molecule has 4 heteroatoms. The maximum atomic E-state index is 8.48. The Kier molecular flexibility index (Phi) is 2.37. The molecule has 0 aliphatic rings. The molecule has 0 radical (unpaired) electrons. The molecule has 0 bridgehead atoms. The van der Waals surface area contributed by atoms with E-state index in [1.54, 1.807) is 18.4 Å². The molecule has 2 aromatic rings. The van der Waals surface area contributed by atoms with Gasteiger partial charge in [0, 0.05) is 15.6 Å². The number of fused-ring (bicyclic) bond motifs is 1. The number of benzene rings is 1. The molecule has 1 N–H and O–H groups in total. The minimum absolute atomic E-state index is 0.751. The second kappa shape index (κ2) is 3.67. The van der Waals surface area contributed by atoms with Crippen molar-refractivity contribution in [2.75, 3.05) is 7.11 Å². The Hall–Kier alpha value is -1.55. The van der Waals surface area contributed by atoms with Crippen LogP contribution in [0.3, 0.4) is 0 Å². The van der Waals surface area contributed by atoms with E-state index in [0.717, 1.165) is 21.4 Å². The highest BCUT2D eigenvalue weighted by Crippen LogP contribution is 2.32. The smallest absolute Gasteiger partial charge is 0.136 e. The maximum Gasteiger partial charge on any atom is 0.136 e. The first-order chi connectivity index (χ1) is 6.86. The highest BCUT2D eigenvalue weighted by Gasteiger charge is 2.06. The largest absolute Gasteiger partial charge is 0.495 e. The Morgan fingerprint density at radius 1 is 1.43 bits per heavy atom. The van der Waals surface area contributed by atoms with Gasteiger partial charge in [0.15, 0.2) is 0 Å². The molecule has 0 aliphatic carbocycles. The van der Waals surface area contributed by atoms with Gasteiger partial charge in [0.2, 0.25) is 0 Å². The number of hydrogen-bond donors (Lipinski definition) is 1. The summed E-state index contributed by atoms with van der Waals surface area (Å²) in [7, 11) is 1.61. The van der Waals surface area contributed by atoms with Crippen LogP contribution in [0.2, 0.25) is 0 Å². The Morgan fingerprint density at radius 3 is 3.00 bits per heavy atom. The maximum absolute atomic E-state index is 8.48. The molecule has 0 amide bonds. The van der Waals surface area contributed by atoms with Gasteiger partial charge in [-0.05, 0) is 23.6 Å². The quantitative estimate of drug-likeness (QED) is 0.467. The topological polar surface area (TPSA) is 41.8 Å². The highest BCUT2D eigenvalue weighted by molar-refractivity contribution is 7.17. The standard InChI is InChI=1S/C10H9NO2S/c1-13-10-7(6-11-12)2-3-9-8(10)4-5-14-9/h2-6,12H,1H3. The van der Waals surface area contributed by atoms with Gasteiger partial charge in [-0.25, -0.2) is 0 Å². The van der Waals surface area contributed by atoms with Crippen LogP contribution in [0.1, 0.15) is 5.56 Å². The Morgan fingerprint density at radius 2 is 2.29 bits per heavy atom. The minimum Gasteiger partial charge on any atom is -0.495 e. The van der Waals surface area contributed by atoms with Crippen LogP contribution in [0, 0.1) is 0 Å². The number of nitrogens with zero attached hydrogens (tertiary/aromatic N) is 1. The number of ether oxygens (including phenoxy) is 1. The van der Waals surface area contributed by atoms with Gasteiger partial charge >= 0.3 is 0 Å². The molecule has 14 heavy (non-hydrogen) atoms. The number of rotatable bonds is 2. The molecule has 0 atom stereocenters. The Labute approximate surface area is 85.2 Å². The van der Waals surface area contributed by atoms with Gasteiger partial charge in [0.05, 0.1) is 13.3 Å². The van der Waals surface area contributed by atoms with E-state index in [2.05, 4.69) is 5.16 Å². The lowest BCUT2D eigenvalue weighted by atomic mass is 10.1. The first kappa shape index (κ1) is 9.02. The average Bonchev–Trinajstić information content (AvgIpc) is 2.66. The molecule has 0 saturated heterocycles. The summed E-state index contributed by atoms with van der Waals surface area (Å²) in [6, 6.07) is 5.85. The predicted molar refractivity (Wildman–Crippen MR) is 57.8 cm³/mol. The summed E-state index contributed by atoms with van der Waals surface area (Å²) < 4.78 is 6.44. The molecule has 1 aromatic carbocycles. The zero-order valence-electron chi connectivity index (χ0n) is 7.60. The molecule has 3 nitrogen and oxygen atoms in total. The van der Waals surface area contributed by atoms with Crippen molar-refractivity contribution in [3.8, 4) is 5.75 Å². The second-order valence-electron chi connectivity index (χ2n) is 2.77. The third kappa shape index (κ3) is 1.33. The van der Waals surface area contributed by atoms with E-state index < -0.39 is 0 Å². The molecule has 72 valence electrons. The van der Waals surface area contributed by atoms with E-state index in [0.29, 0.717) is 0 Å². The summed E-state index contributed by atoms with van der Waals surface area (Å²) in [5.74, 6) is 0.751. The van der Waals surface area contributed by atoms with E-state index in [1.807, 2.05) is 23.6 Å². The lowest BCUT2D eigenvalue weighted by molar-refractivity contribution is 0.321. The van der Waals surface area contributed by atoms with Crippen molar-refractivity contribution in [2.45, 2.75) is 0 Å². The monoisotopic (exact) mass is 207 g/mol. The van der Waals surface area contributed by atoms with Crippen LogP contribution < -0.4 is 4.74 Å². The van der Waals surface area contributed by atoms with Crippen LogP contribution in [0.5, 0.6) is 5.75 Å². The van der Waals surface area contributed by atoms with Crippen LogP contribution in [-0.2, 0) is 0 Å². The van der Waals surface area contributed by atoms with Gasteiger partial charge in [-0.1, -0.05) is 5.16 Å². The summed E-state index contributed by atoms with van der Waals surface area (Å²) in [6.45, 7) is 0. The third-order valence-corrected chi connectivity index (χ3v) is 2.90. The summed E-state index contributed by atoms with van der Waals surface area (Å²) >= 11 is 1.66. The van der Waals surface area contributed by atoms with Crippen LogP contribution in [0.15, 0.2) is 28.7 Å². The van der Waals surface area contributed by atoms with Crippen molar-refractivity contribution < 1.29 is 9.94 Å². The molecular weight excluding hydrogens is 198 g/mol. The van der Waals surface area contributed by atoms with Gasteiger partial charge in [0.1, 0.15) is 5.75 Å². The summed E-state index contributed by atoms with van der Waals surface area (Å²) in [5.41, 5.74) is 0.779. The first-order valence-electron chi connectivity index (χ1n) is 4.08. The van der Waals surface area contributed by atoms with E-state index in [1.165, 1.54) is 6.21 Å². The van der Waals surface area contributed by atoms with Crippen LogP contribution >= 0.6 is 11.3 Å². The van der Waals surface area contributed by atoms with Gasteiger partial charge < -0.3 is 9.94 Å². The van der Waals surface area contributed by atoms with Crippen molar-refractivity contribution in [2.24, 2.45) is 5.16 Å². The summed E-state index contributed by atoms with van der Waals surface area (Å²) in [5, 5.41) is 14.5. The van der Waals surface area contributed by atoms with E-state index in [9.17, 15) is 0 Å². The van der Waals surface area contributed by atoms with Gasteiger partial charge in [0.25, 0.3) is 0 Å². The summed E-state index contributed by atoms with van der Waals surface area (Å²) in [4.78, 5) is 0. The minimum atomic E-state index is 0.751. The average molecular weight is 207 g/mol. The Bertz CT molecular complexity index is 476. The van der Waals surface area contributed by atoms with Crippen molar-refractivity contribution in [3.63, 3.8) is 0 Å². The number of hydrogen-bond acceptors (Lipinski definition) is 4. The van der Waals surface area contributed by atoms with Crippen LogP contribution in [0.4, 0.5) is 0 Å². The van der Waals surface area contributed by atoms with E-state index in [4.69, 9.17) is 9.94 Å². The number of methoxy groups -OCH3 is 1. The molecule has 0 unspecified atom stereocenters. The van der Waals surface area contributed by atoms with Gasteiger partial charge in [-0.2, -0.15) is 0 Å². The van der Waals surface area contributed by atoms with Gasteiger partial charge in [-0.15, -0.1) is 11.3 Å². The molecule has 1 heterocycles. The fourth-order valence-electron chi connectivity index (χ4n) is 1.43. The third-order valence-electron chi connectivity index (χ3n) is 2.02. The number of thiophene rings is 1. The molecule has 0 saturated carbocycles. The molecule has 1 aromatic heterocycles. The lowest BCUT2D eigenvalue weighted by Gasteiger charge is -2.04. The van der Waals surface area contributed by atoms with Crippen LogP contribution in [-0.4, -0.2) is 18.5 Å². The highest BCUT2D eigenvalue weighted by atomic mass is 32.1. The van der Waals surface area contributed by atoms with Gasteiger partial charge in [-0.3, -0.25) is 0 Å². The fourth-order valence-corrected chi connectivity index (χ4v) is 2.21.